The molecule has 2 aromatic rings. The molecule has 0 fully saturated rings. The van der Waals surface area contributed by atoms with E-state index in [4.69, 9.17) is 4.74 Å². The maximum absolute atomic E-state index is 12.3. The van der Waals surface area contributed by atoms with Crippen LogP contribution < -0.4 is 10.0 Å². The van der Waals surface area contributed by atoms with Gasteiger partial charge < -0.3 is 10.1 Å². The highest BCUT2D eigenvalue weighted by atomic mass is 32.2. The zero-order chi connectivity index (χ0) is 21.5. The molecule has 0 aromatic heterocycles. The first kappa shape index (κ1) is 22.6. The van der Waals surface area contributed by atoms with Crippen LogP contribution in [0.3, 0.4) is 0 Å². The first-order valence-electron chi connectivity index (χ1n) is 9.19. The fourth-order valence-corrected chi connectivity index (χ4v) is 3.47. The van der Waals surface area contributed by atoms with Crippen molar-refractivity contribution in [1.29, 1.82) is 0 Å². The Kier molecular flexibility index (Phi) is 7.53. The van der Waals surface area contributed by atoms with Crippen LogP contribution in [0.25, 0.3) is 0 Å². The van der Waals surface area contributed by atoms with Gasteiger partial charge in [-0.3, -0.25) is 9.59 Å². The molecule has 0 unspecified atom stereocenters. The van der Waals surface area contributed by atoms with E-state index in [0.29, 0.717) is 5.69 Å². The summed E-state index contributed by atoms with van der Waals surface area (Å²) in [5.74, 6) is -1.14. The number of hydrogen-bond acceptors (Lipinski definition) is 5. The molecule has 29 heavy (non-hydrogen) atoms. The molecule has 8 heteroatoms. The van der Waals surface area contributed by atoms with E-state index < -0.39 is 28.5 Å². The molecule has 0 spiro atoms. The van der Waals surface area contributed by atoms with Crippen LogP contribution in [0.4, 0.5) is 5.69 Å². The Morgan fingerprint density at radius 2 is 1.59 bits per heavy atom. The van der Waals surface area contributed by atoms with E-state index in [0.717, 1.165) is 5.56 Å². The highest BCUT2D eigenvalue weighted by molar-refractivity contribution is 7.89. The Hall–Kier alpha value is -2.71. The average Bonchev–Trinajstić information content (AvgIpc) is 2.66. The fraction of sp³-hybridized carbons (Fsp3) is 0.333. The summed E-state index contributed by atoms with van der Waals surface area (Å²) in [5.41, 5.74) is 1.54. The molecule has 0 saturated heterocycles. The lowest BCUT2D eigenvalue weighted by atomic mass is 9.87. The van der Waals surface area contributed by atoms with Gasteiger partial charge in [0.05, 0.1) is 11.3 Å². The van der Waals surface area contributed by atoms with Crippen molar-refractivity contribution in [2.75, 3.05) is 18.5 Å². The van der Waals surface area contributed by atoms with Gasteiger partial charge in [0.1, 0.15) is 0 Å². The summed E-state index contributed by atoms with van der Waals surface area (Å²) in [6.07, 6.45) is -0.183. The second-order valence-corrected chi connectivity index (χ2v) is 9.26. The molecule has 0 atom stereocenters. The number of benzene rings is 2. The minimum atomic E-state index is -3.73. The Bertz CT molecular complexity index is 933. The second kappa shape index (κ2) is 9.67. The summed E-state index contributed by atoms with van der Waals surface area (Å²) < 4.78 is 31.9. The van der Waals surface area contributed by atoms with Crippen molar-refractivity contribution in [3.8, 4) is 0 Å². The number of para-hydroxylation sites is 1. The normalized spacial score (nSPS) is 11.7. The zero-order valence-corrected chi connectivity index (χ0v) is 17.6. The summed E-state index contributed by atoms with van der Waals surface area (Å²) in [6.45, 7) is 5.57. The van der Waals surface area contributed by atoms with Crippen molar-refractivity contribution < 1.29 is 22.7 Å². The van der Waals surface area contributed by atoms with E-state index in [1.807, 2.05) is 26.8 Å². The highest BCUT2D eigenvalue weighted by Gasteiger charge is 2.18. The maximum atomic E-state index is 12.3. The van der Waals surface area contributed by atoms with Crippen LogP contribution in [-0.2, 0) is 29.8 Å². The van der Waals surface area contributed by atoms with Crippen molar-refractivity contribution in [2.24, 2.45) is 0 Å². The number of rotatable bonds is 8. The molecule has 0 aliphatic heterocycles. The number of carbonyl (C=O) groups is 2. The maximum Gasteiger partial charge on any atom is 0.307 e. The van der Waals surface area contributed by atoms with Crippen molar-refractivity contribution >= 4 is 27.6 Å². The molecule has 2 N–H and O–H groups in total. The molecule has 0 aliphatic rings. The minimum Gasteiger partial charge on any atom is -0.456 e. The molecule has 0 radical (unpaired) electrons. The number of esters is 1. The van der Waals surface area contributed by atoms with E-state index in [1.165, 1.54) is 12.1 Å². The van der Waals surface area contributed by atoms with Crippen LogP contribution in [0.5, 0.6) is 0 Å². The van der Waals surface area contributed by atoms with Gasteiger partial charge in [-0.1, -0.05) is 51.1 Å². The molecule has 0 aliphatic carbocycles. The summed E-state index contributed by atoms with van der Waals surface area (Å²) >= 11 is 0. The number of carbonyl (C=O) groups excluding carboxylic acids is 2. The number of nitrogens with one attached hydrogen (secondary N) is 2. The van der Waals surface area contributed by atoms with Crippen molar-refractivity contribution in [2.45, 2.75) is 37.5 Å². The predicted octanol–water partition coefficient (Wildman–Crippen LogP) is 2.83. The summed E-state index contributed by atoms with van der Waals surface area (Å²) in [7, 11) is -3.73. The third kappa shape index (κ3) is 7.32. The lowest BCUT2D eigenvalue weighted by Crippen LogP contribution is -2.28. The molecule has 0 saturated carbocycles. The fourth-order valence-electron chi connectivity index (χ4n) is 2.44. The second-order valence-electron chi connectivity index (χ2n) is 7.50. The molecular formula is C21H26N2O5S. The standard InChI is InChI=1S/C21H26N2O5S/c1-21(2,3)16-9-11-18(12-10-16)29(26,27)22-14-13-20(25)28-15-19(24)23-17-7-5-4-6-8-17/h4-12,22H,13-15H2,1-3H3,(H,23,24). The first-order chi connectivity index (χ1) is 13.6. The summed E-state index contributed by atoms with van der Waals surface area (Å²) in [5, 5.41) is 2.59. The number of anilines is 1. The third-order valence-corrected chi connectivity index (χ3v) is 5.55. The molecule has 2 rings (SSSR count). The van der Waals surface area contributed by atoms with Crippen LogP contribution in [0.1, 0.15) is 32.8 Å². The monoisotopic (exact) mass is 418 g/mol. The lowest BCUT2D eigenvalue weighted by molar-refractivity contribution is -0.147. The Morgan fingerprint density at radius 1 is 0.966 bits per heavy atom. The van der Waals surface area contributed by atoms with Crippen molar-refractivity contribution in [3.05, 3.63) is 60.2 Å². The molecule has 1 amide bonds. The van der Waals surface area contributed by atoms with Gasteiger partial charge in [-0.25, -0.2) is 13.1 Å². The molecular weight excluding hydrogens is 392 g/mol. The van der Waals surface area contributed by atoms with Crippen LogP contribution >= 0.6 is 0 Å². The SMILES string of the molecule is CC(C)(C)c1ccc(S(=O)(=O)NCCC(=O)OCC(=O)Nc2ccccc2)cc1. The van der Waals surface area contributed by atoms with E-state index >= 15 is 0 Å². The number of amides is 1. The molecule has 7 nitrogen and oxygen atoms in total. The van der Waals surface area contributed by atoms with Crippen LogP contribution in [0, 0.1) is 0 Å². The van der Waals surface area contributed by atoms with Gasteiger partial charge in [-0.15, -0.1) is 0 Å². The van der Waals surface area contributed by atoms with Gasteiger partial charge in [0.15, 0.2) is 6.61 Å². The minimum absolute atomic E-state index is 0.0771. The smallest absolute Gasteiger partial charge is 0.307 e. The van der Waals surface area contributed by atoms with E-state index in [-0.39, 0.29) is 23.3 Å². The Balaban J connectivity index is 1.76. The quantitative estimate of drug-likeness (QED) is 0.642. The van der Waals surface area contributed by atoms with Gasteiger partial charge in [-0.05, 0) is 35.2 Å². The van der Waals surface area contributed by atoms with Gasteiger partial charge in [-0.2, -0.15) is 0 Å². The molecule has 0 bridgehead atoms. The van der Waals surface area contributed by atoms with Crippen molar-refractivity contribution in [1.82, 2.24) is 4.72 Å². The number of hydrogen-bond donors (Lipinski definition) is 2. The highest BCUT2D eigenvalue weighted by Crippen LogP contribution is 2.23. The zero-order valence-electron chi connectivity index (χ0n) is 16.8. The number of ether oxygens (including phenoxy) is 1. The van der Waals surface area contributed by atoms with E-state index in [1.54, 1.807) is 36.4 Å². The number of sulfonamides is 1. The van der Waals surface area contributed by atoms with Gasteiger partial charge in [0.25, 0.3) is 5.91 Å². The first-order valence-corrected chi connectivity index (χ1v) is 10.7. The van der Waals surface area contributed by atoms with E-state index in [9.17, 15) is 18.0 Å². The average molecular weight is 419 g/mol. The van der Waals surface area contributed by atoms with Crippen LogP contribution in [-0.4, -0.2) is 33.4 Å². The van der Waals surface area contributed by atoms with Crippen LogP contribution in [0.2, 0.25) is 0 Å². The third-order valence-electron chi connectivity index (χ3n) is 4.07. The lowest BCUT2D eigenvalue weighted by Gasteiger charge is -2.19. The van der Waals surface area contributed by atoms with Gasteiger partial charge in [0.2, 0.25) is 10.0 Å². The summed E-state index contributed by atoms with van der Waals surface area (Å²) in [6, 6.07) is 15.4. The van der Waals surface area contributed by atoms with Gasteiger partial charge in [0, 0.05) is 12.2 Å². The van der Waals surface area contributed by atoms with Crippen molar-refractivity contribution in [3.63, 3.8) is 0 Å². The predicted molar refractivity (Wildman–Crippen MR) is 111 cm³/mol. The van der Waals surface area contributed by atoms with Gasteiger partial charge >= 0.3 is 5.97 Å². The Labute approximate surface area is 171 Å². The van der Waals surface area contributed by atoms with E-state index in [2.05, 4.69) is 10.0 Å². The topological polar surface area (TPSA) is 102 Å². The van der Waals surface area contributed by atoms with Crippen LogP contribution in [0.15, 0.2) is 59.5 Å². The summed E-state index contributed by atoms with van der Waals surface area (Å²) in [4.78, 5) is 23.6. The molecule has 0 heterocycles. The largest absolute Gasteiger partial charge is 0.456 e. The molecule has 2 aromatic carbocycles. The Morgan fingerprint density at radius 3 is 2.17 bits per heavy atom. The molecule has 156 valence electrons.